The summed E-state index contributed by atoms with van der Waals surface area (Å²) in [7, 11) is -3.52. The van der Waals surface area contributed by atoms with Gasteiger partial charge in [0.15, 0.2) is 0 Å². The molecule has 0 aliphatic carbocycles. The molecular weight excluding hydrogens is 410 g/mol. The van der Waals surface area contributed by atoms with E-state index in [0.29, 0.717) is 22.9 Å². The van der Waals surface area contributed by atoms with Gasteiger partial charge in [-0.05, 0) is 49.3 Å². The highest BCUT2D eigenvalue weighted by atomic mass is 32.2. The SMILES string of the molecule is Cc1ccccc1NC(=O)C(=O)NCC[C@@H]1CCCCN1S(=O)(=O)c1cccs1. The summed E-state index contributed by atoms with van der Waals surface area (Å²) < 4.78 is 27.7. The molecule has 2 aromatic rings. The molecule has 9 heteroatoms. The van der Waals surface area contributed by atoms with Gasteiger partial charge in [0.25, 0.3) is 10.0 Å². The average molecular weight is 436 g/mol. The van der Waals surface area contributed by atoms with Gasteiger partial charge in [0.2, 0.25) is 0 Å². The number of hydrogen-bond donors (Lipinski definition) is 2. The van der Waals surface area contributed by atoms with Crippen molar-refractivity contribution in [2.75, 3.05) is 18.4 Å². The van der Waals surface area contributed by atoms with E-state index < -0.39 is 21.8 Å². The predicted octanol–water partition coefficient (Wildman–Crippen LogP) is 2.74. The van der Waals surface area contributed by atoms with Crippen LogP contribution in [0.15, 0.2) is 46.0 Å². The van der Waals surface area contributed by atoms with Crippen LogP contribution in [0.1, 0.15) is 31.2 Å². The molecule has 7 nitrogen and oxygen atoms in total. The van der Waals surface area contributed by atoms with Crippen molar-refractivity contribution in [1.82, 2.24) is 9.62 Å². The number of carbonyl (C=O) groups is 2. The molecule has 1 atom stereocenters. The van der Waals surface area contributed by atoms with E-state index in [1.54, 1.807) is 34.0 Å². The summed E-state index contributed by atoms with van der Waals surface area (Å²) in [5.41, 5.74) is 1.46. The first-order valence-corrected chi connectivity index (χ1v) is 11.9. The Balaban J connectivity index is 1.55. The maximum absolute atomic E-state index is 12.9. The van der Waals surface area contributed by atoms with Crippen molar-refractivity contribution >= 4 is 38.9 Å². The van der Waals surface area contributed by atoms with Crippen molar-refractivity contribution in [3.63, 3.8) is 0 Å². The number of piperidine rings is 1. The zero-order valence-corrected chi connectivity index (χ0v) is 17.9. The molecule has 29 heavy (non-hydrogen) atoms. The maximum atomic E-state index is 12.9. The number of nitrogens with one attached hydrogen (secondary N) is 2. The van der Waals surface area contributed by atoms with Gasteiger partial charge in [0.1, 0.15) is 4.21 Å². The molecule has 0 unspecified atom stereocenters. The molecule has 3 rings (SSSR count). The van der Waals surface area contributed by atoms with Crippen LogP contribution in [0.5, 0.6) is 0 Å². The molecule has 1 fully saturated rings. The van der Waals surface area contributed by atoms with E-state index >= 15 is 0 Å². The number of carbonyl (C=O) groups excluding carboxylic acids is 2. The number of para-hydroxylation sites is 1. The lowest BCUT2D eigenvalue weighted by molar-refractivity contribution is -0.136. The zero-order valence-electron chi connectivity index (χ0n) is 16.3. The number of anilines is 1. The Kier molecular flexibility index (Phi) is 7.05. The highest BCUT2D eigenvalue weighted by molar-refractivity contribution is 7.91. The molecule has 0 spiro atoms. The van der Waals surface area contributed by atoms with Crippen molar-refractivity contribution in [1.29, 1.82) is 0 Å². The summed E-state index contributed by atoms with van der Waals surface area (Å²) in [6.45, 7) is 2.56. The fraction of sp³-hybridized carbons (Fsp3) is 0.400. The normalized spacial score (nSPS) is 17.6. The first-order chi connectivity index (χ1) is 13.9. The van der Waals surface area contributed by atoms with Crippen molar-refractivity contribution in [2.24, 2.45) is 0 Å². The van der Waals surface area contributed by atoms with Crippen LogP contribution >= 0.6 is 11.3 Å². The molecule has 0 bridgehead atoms. The van der Waals surface area contributed by atoms with Crippen LogP contribution < -0.4 is 10.6 Å². The lowest BCUT2D eigenvalue weighted by Gasteiger charge is -2.34. The summed E-state index contributed by atoms with van der Waals surface area (Å²) in [5.74, 6) is -1.46. The lowest BCUT2D eigenvalue weighted by atomic mass is 10.0. The minimum absolute atomic E-state index is 0.185. The van der Waals surface area contributed by atoms with Gasteiger partial charge in [-0.15, -0.1) is 11.3 Å². The molecule has 2 amide bonds. The summed E-state index contributed by atoms with van der Waals surface area (Å²) in [6, 6.07) is 10.4. The van der Waals surface area contributed by atoms with E-state index in [0.717, 1.165) is 24.8 Å². The smallest absolute Gasteiger partial charge is 0.313 e. The van der Waals surface area contributed by atoms with E-state index in [1.807, 2.05) is 19.1 Å². The maximum Gasteiger partial charge on any atom is 0.313 e. The molecule has 156 valence electrons. The quantitative estimate of drug-likeness (QED) is 0.682. The van der Waals surface area contributed by atoms with Gasteiger partial charge in [0.05, 0.1) is 0 Å². The van der Waals surface area contributed by atoms with Crippen molar-refractivity contribution in [2.45, 2.75) is 42.9 Å². The lowest BCUT2D eigenvalue weighted by Crippen LogP contribution is -2.45. The highest BCUT2D eigenvalue weighted by Gasteiger charge is 2.33. The van der Waals surface area contributed by atoms with Crippen LogP contribution in [0, 0.1) is 6.92 Å². The van der Waals surface area contributed by atoms with Crippen LogP contribution in [-0.4, -0.2) is 43.7 Å². The number of amides is 2. The molecule has 1 aromatic carbocycles. The Morgan fingerprint density at radius 2 is 1.93 bits per heavy atom. The second-order valence-corrected chi connectivity index (χ2v) is 10.1. The van der Waals surface area contributed by atoms with Crippen molar-refractivity contribution in [3.8, 4) is 0 Å². The number of rotatable bonds is 6. The summed E-state index contributed by atoms with van der Waals surface area (Å²) in [6.07, 6.45) is 2.99. The molecule has 2 N–H and O–H groups in total. The van der Waals surface area contributed by atoms with E-state index in [9.17, 15) is 18.0 Å². The van der Waals surface area contributed by atoms with Gasteiger partial charge in [0, 0.05) is 24.8 Å². The van der Waals surface area contributed by atoms with Crippen molar-refractivity contribution in [3.05, 3.63) is 47.3 Å². The Bertz CT molecular complexity index is 958. The van der Waals surface area contributed by atoms with E-state index in [1.165, 1.54) is 11.3 Å². The Morgan fingerprint density at radius 1 is 1.14 bits per heavy atom. The van der Waals surface area contributed by atoms with Gasteiger partial charge in [-0.25, -0.2) is 8.42 Å². The molecule has 1 aliphatic rings. The zero-order chi connectivity index (χ0) is 20.9. The third-order valence-electron chi connectivity index (χ3n) is 4.99. The van der Waals surface area contributed by atoms with Gasteiger partial charge < -0.3 is 10.6 Å². The van der Waals surface area contributed by atoms with Gasteiger partial charge >= 0.3 is 11.8 Å². The topological polar surface area (TPSA) is 95.6 Å². The van der Waals surface area contributed by atoms with E-state index in [-0.39, 0.29) is 12.6 Å². The molecule has 1 aliphatic heterocycles. The van der Waals surface area contributed by atoms with E-state index in [4.69, 9.17) is 0 Å². The Morgan fingerprint density at radius 3 is 2.66 bits per heavy atom. The van der Waals surface area contributed by atoms with Crippen LogP contribution in [0.4, 0.5) is 5.69 Å². The molecule has 0 radical (unpaired) electrons. The van der Waals surface area contributed by atoms with Crippen LogP contribution in [-0.2, 0) is 19.6 Å². The number of benzene rings is 1. The third-order valence-corrected chi connectivity index (χ3v) is 8.32. The molecular formula is C20H25N3O4S2. The summed E-state index contributed by atoms with van der Waals surface area (Å²) >= 11 is 1.21. The van der Waals surface area contributed by atoms with Gasteiger partial charge in [-0.2, -0.15) is 4.31 Å². The van der Waals surface area contributed by atoms with Crippen molar-refractivity contribution < 1.29 is 18.0 Å². The van der Waals surface area contributed by atoms with Gasteiger partial charge in [-0.1, -0.05) is 30.7 Å². The predicted molar refractivity (Wildman–Crippen MR) is 113 cm³/mol. The second kappa shape index (κ2) is 9.51. The highest BCUT2D eigenvalue weighted by Crippen LogP contribution is 2.29. The molecule has 1 aromatic heterocycles. The van der Waals surface area contributed by atoms with Crippen LogP contribution in [0.2, 0.25) is 0 Å². The fourth-order valence-corrected chi connectivity index (χ4v) is 6.27. The molecule has 1 saturated heterocycles. The molecule has 0 saturated carbocycles. The largest absolute Gasteiger partial charge is 0.348 e. The Hall–Kier alpha value is -2.23. The number of thiophene rings is 1. The first kappa shape index (κ1) is 21.5. The molecule has 2 heterocycles. The number of aryl methyl sites for hydroxylation is 1. The second-order valence-electron chi connectivity index (χ2n) is 7.01. The van der Waals surface area contributed by atoms with Gasteiger partial charge in [-0.3, -0.25) is 9.59 Å². The summed E-state index contributed by atoms with van der Waals surface area (Å²) in [5, 5.41) is 6.95. The van der Waals surface area contributed by atoms with E-state index in [2.05, 4.69) is 10.6 Å². The van der Waals surface area contributed by atoms with Crippen LogP contribution in [0.3, 0.4) is 0 Å². The standard InChI is InChI=1S/C20H25N3O4S2/c1-15-7-2-3-9-17(15)22-20(25)19(24)21-12-11-16-8-4-5-13-23(16)29(26,27)18-10-6-14-28-18/h2-3,6-7,9-10,14,16H,4-5,8,11-13H2,1H3,(H,21,24)(H,22,25)/t16-/m0/s1. The minimum atomic E-state index is -3.52. The third kappa shape index (κ3) is 5.23. The summed E-state index contributed by atoms with van der Waals surface area (Å²) in [4.78, 5) is 24.2. The fourth-order valence-electron chi connectivity index (χ4n) is 3.43. The monoisotopic (exact) mass is 435 g/mol. The Labute approximate surface area is 175 Å². The van der Waals surface area contributed by atoms with Crippen LogP contribution in [0.25, 0.3) is 0 Å². The number of nitrogens with zero attached hydrogens (tertiary/aromatic N) is 1. The number of sulfonamides is 1. The first-order valence-electron chi connectivity index (χ1n) is 9.60. The average Bonchev–Trinajstić information content (AvgIpc) is 3.25. The number of hydrogen-bond acceptors (Lipinski definition) is 5. The minimum Gasteiger partial charge on any atom is -0.348 e.